The van der Waals surface area contributed by atoms with Crippen LogP contribution in [-0.4, -0.2) is 60.7 Å². The largest absolute Gasteiger partial charge is 0.384 e. The quantitative estimate of drug-likeness (QED) is 0.843. The van der Waals surface area contributed by atoms with Gasteiger partial charge in [-0.1, -0.05) is 12.8 Å². The second-order valence-electron chi connectivity index (χ2n) is 6.53. The lowest BCUT2D eigenvalue weighted by Gasteiger charge is -2.26. The number of hydrogen-bond acceptors (Lipinski definition) is 5. The second-order valence-corrected chi connectivity index (χ2v) is 6.53. The standard InChI is InChI=1S/C17H26N4O2/c1-23-13-14-11-21(16-10-18-6-7-19-16)12-15(14)17(22)20-8-4-2-3-5-9-20/h6-7,10,14-15H,2-5,8-9,11-13H2,1H3/t14-,15+/m0/s1. The summed E-state index contributed by atoms with van der Waals surface area (Å²) in [6, 6.07) is 0. The van der Waals surface area contributed by atoms with Crippen molar-refractivity contribution in [3.05, 3.63) is 18.6 Å². The molecular formula is C17H26N4O2. The fourth-order valence-corrected chi connectivity index (χ4v) is 3.70. The smallest absolute Gasteiger partial charge is 0.227 e. The van der Waals surface area contributed by atoms with Crippen LogP contribution in [0.1, 0.15) is 25.7 Å². The highest BCUT2D eigenvalue weighted by Crippen LogP contribution is 2.29. The maximum absolute atomic E-state index is 13.0. The zero-order valence-corrected chi connectivity index (χ0v) is 13.9. The van der Waals surface area contributed by atoms with Crippen molar-refractivity contribution in [2.24, 2.45) is 11.8 Å². The minimum Gasteiger partial charge on any atom is -0.384 e. The average Bonchev–Trinajstić information content (AvgIpc) is 2.82. The topological polar surface area (TPSA) is 58.6 Å². The van der Waals surface area contributed by atoms with Crippen LogP contribution in [-0.2, 0) is 9.53 Å². The Balaban J connectivity index is 1.71. The number of aromatic nitrogens is 2. The van der Waals surface area contributed by atoms with E-state index in [9.17, 15) is 4.79 Å². The first-order valence-electron chi connectivity index (χ1n) is 8.58. The number of nitrogens with zero attached hydrogens (tertiary/aromatic N) is 4. The van der Waals surface area contributed by atoms with Crippen LogP contribution in [0.5, 0.6) is 0 Å². The van der Waals surface area contributed by atoms with Crippen LogP contribution in [0.3, 0.4) is 0 Å². The number of carbonyl (C=O) groups excluding carboxylic acids is 1. The van der Waals surface area contributed by atoms with Gasteiger partial charge in [0.15, 0.2) is 0 Å². The van der Waals surface area contributed by atoms with Crippen LogP contribution in [0.25, 0.3) is 0 Å². The Kier molecular flexibility index (Phi) is 5.43. The van der Waals surface area contributed by atoms with Crippen molar-refractivity contribution in [1.82, 2.24) is 14.9 Å². The number of hydrogen-bond donors (Lipinski definition) is 0. The molecule has 0 N–H and O–H groups in total. The predicted molar refractivity (Wildman–Crippen MR) is 88.1 cm³/mol. The van der Waals surface area contributed by atoms with E-state index in [2.05, 4.69) is 19.8 Å². The van der Waals surface area contributed by atoms with Gasteiger partial charge >= 0.3 is 0 Å². The van der Waals surface area contributed by atoms with E-state index in [1.165, 1.54) is 12.8 Å². The number of methoxy groups -OCH3 is 1. The molecule has 1 aromatic rings. The fraction of sp³-hybridized carbons (Fsp3) is 0.706. The maximum Gasteiger partial charge on any atom is 0.227 e. The second kappa shape index (κ2) is 7.73. The van der Waals surface area contributed by atoms with Crippen molar-refractivity contribution in [1.29, 1.82) is 0 Å². The summed E-state index contributed by atoms with van der Waals surface area (Å²) in [5.74, 6) is 1.35. The number of likely N-dealkylation sites (tertiary alicyclic amines) is 1. The van der Waals surface area contributed by atoms with Crippen molar-refractivity contribution in [3.63, 3.8) is 0 Å². The molecule has 0 unspecified atom stereocenters. The molecule has 6 nitrogen and oxygen atoms in total. The molecule has 6 heteroatoms. The Bertz CT molecular complexity index is 503. The molecule has 3 heterocycles. The molecule has 0 spiro atoms. The average molecular weight is 318 g/mol. The molecule has 0 radical (unpaired) electrons. The molecule has 3 rings (SSSR count). The van der Waals surface area contributed by atoms with Crippen molar-refractivity contribution < 1.29 is 9.53 Å². The van der Waals surface area contributed by atoms with Gasteiger partial charge < -0.3 is 14.5 Å². The Morgan fingerprint density at radius 3 is 2.65 bits per heavy atom. The predicted octanol–water partition coefficient (Wildman–Crippen LogP) is 1.58. The zero-order chi connectivity index (χ0) is 16.1. The fourth-order valence-electron chi connectivity index (χ4n) is 3.70. The van der Waals surface area contributed by atoms with Crippen LogP contribution < -0.4 is 4.90 Å². The summed E-state index contributed by atoms with van der Waals surface area (Å²) in [6.07, 6.45) is 9.87. The number of carbonyl (C=O) groups is 1. The van der Waals surface area contributed by atoms with Gasteiger partial charge in [-0.15, -0.1) is 0 Å². The molecule has 2 aliphatic heterocycles. The summed E-state index contributed by atoms with van der Waals surface area (Å²) in [5, 5.41) is 0. The zero-order valence-electron chi connectivity index (χ0n) is 13.9. The summed E-state index contributed by atoms with van der Waals surface area (Å²) in [4.78, 5) is 25.8. The van der Waals surface area contributed by atoms with Crippen molar-refractivity contribution in [2.45, 2.75) is 25.7 Å². The summed E-state index contributed by atoms with van der Waals surface area (Å²) in [6.45, 7) is 3.93. The Labute approximate surface area is 137 Å². The molecule has 0 aromatic carbocycles. The Morgan fingerprint density at radius 2 is 2.00 bits per heavy atom. The molecule has 2 fully saturated rings. The molecule has 126 valence electrons. The molecule has 0 saturated carbocycles. The molecule has 1 amide bonds. The first-order valence-corrected chi connectivity index (χ1v) is 8.58. The minimum absolute atomic E-state index is 0.00458. The lowest BCUT2D eigenvalue weighted by atomic mass is 9.95. The van der Waals surface area contributed by atoms with E-state index in [-0.39, 0.29) is 11.8 Å². The lowest BCUT2D eigenvalue weighted by molar-refractivity contribution is -0.136. The SMILES string of the molecule is COC[C@@H]1CN(c2cnccn2)C[C@H]1C(=O)N1CCCCCC1. The molecular weight excluding hydrogens is 292 g/mol. The van der Waals surface area contributed by atoms with Crippen molar-refractivity contribution >= 4 is 11.7 Å². The highest BCUT2D eigenvalue weighted by molar-refractivity contribution is 5.80. The van der Waals surface area contributed by atoms with Gasteiger partial charge in [-0.25, -0.2) is 4.98 Å². The minimum atomic E-state index is -0.00458. The van der Waals surface area contributed by atoms with Gasteiger partial charge in [-0.3, -0.25) is 9.78 Å². The van der Waals surface area contributed by atoms with Gasteiger partial charge in [-0.05, 0) is 12.8 Å². The molecule has 2 atom stereocenters. The van der Waals surface area contributed by atoms with Crippen molar-refractivity contribution in [3.8, 4) is 0 Å². The van der Waals surface area contributed by atoms with E-state index in [4.69, 9.17) is 4.74 Å². The van der Waals surface area contributed by atoms with Gasteiger partial charge in [0.25, 0.3) is 0 Å². The first kappa shape index (κ1) is 16.2. The van der Waals surface area contributed by atoms with E-state index in [0.29, 0.717) is 19.1 Å². The van der Waals surface area contributed by atoms with Gasteiger partial charge in [-0.2, -0.15) is 0 Å². The van der Waals surface area contributed by atoms with E-state index >= 15 is 0 Å². The Morgan fingerprint density at radius 1 is 1.22 bits per heavy atom. The lowest BCUT2D eigenvalue weighted by Crippen LogP contribution is -2.40. The molecule has 2 aliphatic rings. The molecule has 1 aromatic heterocycles. The van der Waals surface area contributed by atoms with Gasteiger partial charge in [0.05, 0.1) is 18.7 Å². The molecule has 2 saturated heterocycles. The van der Waals surface area contributed by atoms with Gasteiger partial charge in [0.2, 0.25) is 5.91 Å². The number of rotatable bonds is 4. The highest BCUT2D eigenvalue weighted by atomic mass is 16.5. The summed E-state index contributed by atoms with van der Waals surface area (Å²) in [5.41, 5.74) is 0. The van der Waals surface area contributed by atoms with E-state index in [1.807, 2.05) is 0 Å². The molecule has 0 aliphatic carbocycles. The normalized spacial score (nSPS) is 25.4. The molecule has 23 heavy (non-hydrogen) atoms. The third kappa shape index (κ3) is 3.80. The molecule has 0 bridgehead atoms. The highest BCUT2D eigenvalue weighted by Gasteiger charge is 2.40. The van der Waals surface area contributed by atoms with E-state index in [1.54, 1.807) is 25.7 Å². The first-order chi connectivity index (χ1) is 11.3. The van der Waals surface area contributed by atoms with E-state index < -0.39 is 0 Å². The van der Waals surface area contributed by atoms with E-state index in [0.717, 1.165) is 38.3 Å². The van der Waals surface area contributed by atoms with Crippen LogP contribution in [0.15, 0.2) is 18.6 Å². The third-order valence-electron chi connectivity index (χ3n) is 4.93. The summed E-state index contributed by atoms with van der Waals surface area (Å²) in [7, 11) is 1.71. The number of ether oxygens (including phenoxy) is 1. The van der Waals surface area contributed by atoms with Crippen LogP contribution in [0, 0.1) is 11.8 Å². The number of amides is 1. The van der Waals surface area contributed by atoms with Crippen LogP contribution >= 0.6 is 0 Å². The Hall–Kier alpha value is -1.69. The van der Waals surface area contributed by atoms with Gasteiger partial charge in [0.1, 0.15) is 5.82 Å². The maximum atomic E-state index is 13.0. The summed E-state index contributed by atoms with van der Waals surface area (Å²) >= 11 is 0. The monoisotopic (exact) mass is 318 g/mol. The summed E-state index contributed by atoms with van der Waals surface area (Å²) < 4.78 is 5.37. The van der Waals surface area contributed by atoms with Crippen LogP contribution in [0.2, 0.25) is 0 Å². The van der Waals surface area contributed by atoms with Gasteiger partial charge in [0, 0.05) is 51.6 Å². The van der Waals surface area contributed by atoms with Crippen molar-refractivity contribution in [2.75, 3.05) is 44.8 Å². The number of anilines is 1. The third-order valence-corrected chi connectivity index (χ3v) is 4.93. The van der Waals surface area contributed by atoms with Crippen LogP contribution in [0.4, 0.5) is 5.82 Å².